The first-order valence-corrected chi connectivity index (χ1v) is 50.5. The van der Waals surface area contributed by atoms with Crippen LogP contribution in [0.4, 0.5) is 0 Å². The van der Waals surface area contributed by atoms with Gasteiger partial charge < -0.3 is 163 Å². The van der Waals surface area contributed by atoms with Gasteiger partial charge in [-0.1, -0.05) is 126 Å². The molecule has 0 radical (unpaired) electrons. The smallest absolute Gasteiger partial charge is 1.00 e. The van der Waals surface area contributed by atoms with E-state index in [1.54, 1.807) is 91.9 Å². The van der Waals surface area contributed by atoms with E-state index in [4.69, 9.17) is 120 Å². The van der Waals surface area contributed by atoms with Crippen molar-refractivity contribution >= 4 is 65.0 Å². The molecule has 0 aliphatic heterocycles. The number of aliphatic hydroxyl groups is 5. The third-order valence-corrected chi connectivity index (χ3v) is 16.5. The minimum absolute atomic E-state index is 0. The Morgan fingerprint density at radius 3 is 0.732 bits per heavy atom. The van der Waals surface area contributed by atoms with Gasteiger partial charge in [-0.25, -0.2) is 0 Å². The number of allylic oxidation sites excluding steroid dienone is 14. The van der Waals surface area contributed by atoms with Gasteiger partial charge in [-0.15, -0.1) is 0 Å². The molecule has 5 N–H and O–H groups in total. The van der Waals surface area contributed by atoms with E-state index >= 15 is 0 Å². The van der Waals surface area contributed by atoms with Crippen molar-refractivity contribution in [1.29, 1.82) is 0 Å². The van der Waals surface area contributed by atoms with E-state index in [9.17, 15) is 34.8 Å². The van der Waals surface area contributed by atoms with Gasteiger partial charge in [0.05, 0.1) is 57.4 Å². The van der Waals surface area contributed by atoms with Crippen molar-refractivity contribution in [2.75, 3.05) is 159 Å². The zero-order valence-corrected chi connectivity index (χ0v) is 101. The third-order valence-electron chi connectivity index (χ3n) is 16.5. The molecule has 0 aromatic carbocycles. The van der Waals surface area contributed by atoms with Crippen molar-refractivity contribution in [2.24, 2.45) is 17.8 Å². The maximum atomic E-state index is 10.2. The van der Waals surface area contributed by atoms with Crippen LogP contribution in [0, 0.1) is 80.0 Å². The van der Waals surface area contributed by atoms with Gasteiger partial charge in [-0.2, -0.15) is 0 Å². The number of hydrogen-bond donors (Lipinski definition) is 5. The number of ether oxygens (including phenoxy) is 23. The van der Waals surface area contributed by atoms with Gasteiger partial charge in [0, 0.05) is 162 Å². The van der Waals surface area contributed by atoms with Crippen LogP contribution in [0.1, 0.15) is 278 Å². The summed E-state index contributed by atoms with van der Waals surface area (Å²) in [5.41, 5.74) is 7.11. The molecule has 868 valence electrons. The summed E-state index contributed by atoms with van der Waals surface area (Å²) < 4.78 is 123. The Kier molecular flexibility index (Phi) is 170. The average Bonchev–Trinajstić information content (AvgIpc) is 0.887. The number of carbonyl (C=O) groups excluding carboxylic acids is 3. The van der Waals surface area contributed by atoms with Crippen LogP contribution < -0.4 is 0 Å². The predicted octanol–water partition coefficient (Wildman–Crippen LogP) is 21.7. The molecule has 0 aromatic rings. The van der Waals surface area contributed by atoms with Crippen LogP contribution in [-0.4, -0.2) is 330 Å². The van der Waals surface area contributed by atoms with Gasteiger partial charge in [0.15, 0.2) is 50.3 Å². The van der Waals surface area contributed by atoms with E-state index < -0.39 is 43.5 Å². The summed E-state index contributed by atoms with van der Waals surface area (Å²) in [5.74, 6) is 17.6. The Hall–Kier alpha value is -6.23. The normalized spacial score (nSPS) is 12.7. The molecule has 0 amide bonds. The molecule has 0 rings (SSSR count). The molecule has 149 heavy (non-hydrogen) atoms. The van der Waals surface area contributed by atoms with Crippen molar-refractivity contribution in [3.05, 3.63) is 163 Å². The quantitative estimate of drug-likeness (QED) is 0.00552. The Morgan fingerprint density at radius 1 is 0.322 bits per heavy atom. The molecule has 0 saturated heterocycles. The Labute approximate surface area is 948 Å². The van der Waals surface area contributed by atoms with Crippen molar-refractivity contribution in [3.63, 3.8) is 0 Å². The van der Waals surface area contributed by atoms with Crippen LogP contribution in [0.2, 0.25) is 0 Å². The SMILES string of the molecule is C.C.C/C=C/OCC.CCO.CCO/C=C(\C)C(O)C#CC(O)/C(C)=C/OCC.CCO/C=C(\C)C=O.CCOC(OCC)/C(C)=C/C#C/C=C(\C)C(OCC)OCC.CCOC(OCC)/C(C)=C/C=C\C=C(/C)C(OCC)OCC.CCOC(OCC)C(C)C(O)C#CC(O)C(C)C(OCC)OCC.CCOC(OCC)C(C)C(OCC)OCC.CCOC(OCC)OCC.C\C(C=O)=C/C=C/C=C(\C)C=O.[C-]#C[CH2-].[CH3-].[H+].[H+].[H+].[H-].[HH].[Mg+2].[Mg+2]. The summed E-state index contributed by atoms with van der Waals surface area (Å²) in [6, 6.07) is 0. The van der Waals surface area contributed by atoms with Crippen LogP contribution in [0.25, 0.3) is 0 Å². The first-order valence-electron chi connectivity index (χ1n) is 50.5. The molecule has 0 spiro atoms. The number of aldehydes is 3. The Bertz CT molecular complexity index is 3290. The van der Waals surface area contributed by atoms with Crippen molar-refractivity contribution < 1.29 is 156 Å². The van der Waals surface area contributed by atoms with Crippen LogP contribution in [0.3, 0.4) is 0 Å². The molecule has 0 fully saturated rings. The number of aliphatic hydroxyl groups excluding tert-OH is 5. The molecule has 0 aliphatic rings. The minimum Gasteiger partial charge on any atom is -1.00 e. The molecular weight excluding hydrogens is 1940 g/mol. The third kappa shape index (κ3) is 122. The Balaban J connectivity index is -0.0000000684. The molecule has 0 aliphatic carbocycles. The second-order valence-corrected chi connectivity index (χ2v) is 28.8. The zero-order valence-electron chi connectivity index (χ0n) is 102. The van der Waals surface area contributed by atoms with E-state index in [2.05, 4.69) is 42.4 Å². The van der Waals surface area contributed by atoms with E-state index in [1.165, 1.54) is 18.8 Å². The fourth-order valence-corrected chi connectivity index (χ4v) is 9.48. The number of rotatable bonds is 65. The van der Waals surface area contributed by atoms with Gasteiger partial charge in [-0.05, 0) is 281 Å². The maximum Gasteiger partial charge on any atom is 2.00 e. The summed E-state index contributed by atoms with van der Waals surface area (Å²) in [4.78, 5) is 30.1. The van der Waals surface area contributed by atoms with Gasteiger partial charge in [0.1, 0.15) is 43.3 Å². The van der Waals surface area contributed by atoms with E-state index in [0.29, 0.717) is 173 Å². The van der Waals surface area contributed by atoms with E-state index in [-0.39, 0.29) is 138 Å². The van der Waals surface area contributed by atoms with Crippen LogP contribution in [0.5, 0.6) is 0 Å². The van der Waals surface area contributed by atoms with Gasteiger partial charge in [0.2, 0.25) is 0 Å². The van der Waals surface area contributed by atoms with Crippen molar-refractivity contribution in [3.8, 4) is 41.4 Å². The topological polar surface area (TPSA) is 365 Å². The molecule has 6 atom stereocenters. The number of hydrogen-bond acceptors (Lipinski definition) is 31. The van der Waals surface area contributed by atoms with Crippen molar-refractivity contribution in [2.45, 2.75) is 352 Å². The summed E-state index contributed by atoms with van der Waals surface area (Å²) in [6.07, 6.45) is 27.9. The van der Waals surface area contributed by atoms with Gasteiger partial charge in [-0.3, -0.25) is 14.4 Å². The maximum absolute atomic E-state index is 10.2. The number of carbonyl (C=O) groups is 3. The van der Waals surface area contributed by atoms with Gasteiger partial charge >= 0.3 is 50.4 Å². The first-order chi connectivity index (χ1) is 68.9. The van der Waals surface area contributed by atoms with Crippen LogP contribution in [-0.2, 0) is 123 Å². The minimum atomic E-state index is -0.965. The largest absolute Gasteiger partial charge is 2.00 e. The first kappa shape index (κ1) is 179. The summed E-state index contributed by atoms with van der Waals surface area (Å²) >= 11 is 0. The predicted molar refractivity (Wildman–Crippen MR) is 615 cm³/mol. The summed E-state index contributed by atoms with van der Waals surface area (Å²) in [5, 5.41) is 47.3. The molecule has 31 nitrogen and oxygen atoms in total. The molecule has 0 heterocycles. The Morgan fingerprint density at radius 2 is 0.530 bits per heavy atom. The summed E-state index contributed by atoms with van der Waals surface area (Å²) in [7, 11) is 0. The standard InChI is InChI=1S/C18H34O6.C18H32O4.C18H30O4.C14H22O4.C12H26O4.C10H12O2.C7H16O3.C6H10O2.C5H10O.C3H2.C2H6O.2CH4.CH3.2Mg.H2.H/c1-7-21-17(22-8-2)13(5)15(19)11-12-16(20)14(6)18(23-9-3)24-10-4;2*1-7-19-17(20-8-2)15(5)13-11-12-14-16(6)18(21-9-3)22-10-4;1-5-17-9-11(3)13(15)7-8-14(16)12(4)10-18-6-2;1-6-13-11(14-7-2)10(5)12(15-8-3)16-9-4;1-9(7-11)5-3-4-6-10(2)8-12;1-4-8-7(9-5-2)10-6-3;1-3-8-5-6(2)4-7;1-3-5-6-4-2;1-3-2;1-2-3;;;;;;;/h13-20H,7-10H2,1-6H3;11-14,17-18H,7-10H2,1-6H3;13-14,17-18H,7-10H2,1-6H3;9-10,13-16H,5-6H2,1-4H3;10-12H,6-9H2,1-5H3;3-8H,1-2H3;7H,4-6H2,1-3H3;4-5H,3H2,1-2H3;3,5H,4H2,1-2H3;1H2;3H,2H2,1H3;2*1H4;1H3;;;1H;/q;;;;;;;;;-2;;;;-1;2*+2;;-1/p+3/b;12-11-,15-13+,16-14+;15-13+,16-14+;11-9+,12-10+;;4-3+,9-5+,10-6+;;6-5+;5-3+;;;;;;;;;. The van der Waals surface area contributed by atoms with E-state index in [0.717, 1.165) is 47.8 Å². The monoisotopic (exact) mass is 2150 g/mol. The fraction of sp³-hybridized carbons (Fsp3) is 0.681. The molecule has 0 aromatic heterocycles. The van der Waals surface area contributed by atoms with E-state index in [1.807, 2.05) is 243 Å². The molecule has 6 unspecified atom stereocenters. The zero-order chi connectivity index (χ0) is 112. The molecule has 0 bridgehead atoms. The second-order valence-electron chi connectivity index (χ2n) is 28.8. The average molecular weight is 2160 g/mol. The summed E-state index contributed by atoms with van der Waals surface area (Å²) in [6.45, 7) is 86.2. The molecular formula is C116H217Mg2O31+3. The fourth-order valence-electron chi connectivity index (χ4n) is 9.48. The molecule has 33 heteroatoms. The van der Waals surface area contributed by atoms with Crippen molar-refractivity contribution in [1.82, 2.24) is 0 Å². The van der Waals surface area contributed by atoms with Gasteiger partial charge in [0.25, 0.3) is 6.48 Å². The van der Waals surface area contributed by atoms with Crippen LogP contribution >= 0.6 is 0 Å². The van der Waals surface area contributed by atoms with Crippen LogP contribution in [0.15, 0.2) is 142 Å². The molecule has 0 saturated carbocycles. The second kappa shape index (κ2) is 142.